The van der Waals surface area contributed by atoms with Gasteiger partial charge in [-0.15, -0.1) is 0 Å². The Hall–Kier alpha value is -2.04. The summed E-state index contributed by atoms with van der Waals surface area (Å²) in [6.45, 7) is 1.64. The molecule has 0 aliphatic rings. The molecule has 1 atom stereocenters. The maximum atomic E-state index is 11.7. The number of benzene rings is 2. The lowest BCUT2D eigenvalue weighted by Crippen LogP contribution is -2.39. The van der Waals surface area contributed by atoms with Gasteiger partial charge in [0.25, 0.3) is 0 Å². The molecule has 0 aliphatic heterocycles. The second-order valence-electron chi connectivity index (χ2n) is 4.84. The number of aliphatic hydroxyl groups is 1. The quantitative estimate of drug-likeness (QED) is 0.911. The molecule has 1 unspecified atom stereocenters. The molecule has 0 aromatic heterocycles. The van der Waals surface area contributed by atoms with Crippen LogP contribution in [0.4, 0.5) is 4.79 Å². The Morgan fingerprint density at radius 2 is 1.81 bits per heavy atom. The molecular formula is C16H16ClNO3. The molecule has 2 N–H and O–H groups in total. The summed E-state index contributed by atoms with van der Waals surface area (Å²) in [4.78, 5) is 11.7. The monoisotopic (exact) mass is 305 g/mol. The highest BCUT2D eigenvalue weighted by Gasteiger charge is 2.24. The van der Waals surface area contributed by atoms with E-state index in [1.807, 2.05) is 6.07 Å². The molecular weight excluding hydrogens is 290 g/mol. The first kappa shape index (κ1) is 15.4. The van der Waals surface area contributed by atoms with Gasteiger partial charge in [0.05, 0.1) is 6.54 Å². The van der Waals surface area contributed by atoms with Gasteiger partial charge in [0.15, 0.2) is 0 Å². The SMILES string of the molecule is CC(O)(CNC(=O)Oc1ccccc1)c1ccc(Cl)cc1. The normalized spacial score (nSPS) is 13.3. The van der Waals surface area contributed by atoms with Crippen LogP contribution in [0.2, 0.25) is 5.02 Å². The van der Waals surface area contributed by atoms with Gasteiger partial charge in [-0.25, -0.2) is 4.79 Å². The molecule has 5 heteroatoms. The Morgan fingerprint density at radius 3 is 2.43 bits per heavy atom. The Labute approximate surface area is 128 Å². The summed E-state index contributed by atoms with van der Waals surface area (Å²) in [5.74, 6) is 0.445. The number of hydrogen-bond donors (Lipinski definition) is 2. The van der Waals surface area contributed by atoms with Crippen LogP contribution in [0.25, 0.3) is 0 Å². The second-order valence-corrected chi connectivity index (χ2v) is 5.27. The molecule has 110 valence electrons. The maximum Gasteiger partial charge on any atom is 0.412 e. The van der Waals surface area contributed by atoms with Crippen molar-refractivity contribution in [2.24, 2.45) is 0 Å². The molecule has 2 aromatic carbocycles. The smallest absolute Gasteiger partial charge is 0.410 e. The van der Waals surface area contributed by atoms with Gasteiger partial charge >= 0.3 is 6.09 Å². The van der Waals surface area contributed by atoms with Crippen LogP contribution in [0.3, 0.4) is 0 Å². The van der Waals surface area contributed by atoms with Gasteiger partial charge in [0.1, 0.15) is 11.4 Å². The van der Waals surface area contributed by atoms with E-state index < -0.39 is 11.7 Å². The van der Waals surface area contributed by atoms with Crippen LogP contribution in [0.5, 0.6) is 5.75 Å². The Kier molecular flexibility index (Phi) is 4.83. The second kappa shape index (κ2) is 6.61. The van der Waals surface area contributed by atoms with E-state index >= 15 is 0 Å². The number of amides is 1. The van der Waals surface area contributed by atoms with E-state index in [1.165, 1.54) is 0 Å². The molecule has 21 heavy (non-hydrogen) atoms. The van der Waals surface area contributed by atoms with E-state index in [-0.39, 0.29) is 6.54 Å². The van der Waals surface area contributed by atoms with Gasteiger partial charge in [-0.1, -0.05) is 41.9 Å². The van der Waals surface area contributed by atoms with Crippen molar-refractivity contribution < 1.29 is 14.6 Å². The van der Waals surface area contributed by atoms with E-state index in [4.69, 9.17) is 16.3 Å². The lowest BCUT2D eigenvalue weighted by atomic mass is 9.96. The van der Waals surface area contributed by atoms with Crippen molar-refractivity contribution in [2.75, 3.05) is 6.54 Å². The average Bonchev–Trinajstić information content (AvgIpc) is 2.47. The van der Waals surface area contributed by atoms with E-state index in [9.17, 15) is 9.90 Å². The molecule has 0 bridgehead atoms. The fourth-order valence-electron chi connectivity index (χ4n) is 1.79. The Morgan fingerprint density at radius 1 is 1.19 bits per heavy atom. The third-order valence-corrected chi connectivity index (χ3v) is 3.25. The van der Waals surface area contributed by atoms with Gasteiger partial charge < -0.3 is 15.2 Å². The third-order valence-electron chi connectivity index (χ3n) is 3.00. The number of halogens is 1. The van der Waals surface area contributed by atoms with Crippen molar-refractivity contribution in [2.45, 2.75) is 12.5 Å². The van der Waals surface area contributed by atoms with E-state index in [2.05, 4.69) is 5.32 Å². The molecule has 0 saturated carbocycles. The molecule has 4 nitrogen and oxygen atoms in total. The molecule has 0 spiro atoms. The molecule has 0 saturated heterocycles. The number of nitrogens with one attached hydrogen (secondary N) is 1. The van der Waals surface area contributed by atoms with Crippen LogP contribution in [0.1, 0.15) is 12.5 Å². The Balaban J connectivity index is 1.92. The highest BCUT2D eigenvalue weighted by Crippen LogP contribution is 2.21. The molecule has 1 amide bonds. The first-order valence-electron chi connectivity index (χ1n) is 6.46. The van der Waals surface area contributed by atoms with Crippen molar-refractivity contribution in [1.29, 1.82) is 0 Å². The summed E-state index contributed by atoms with van der Waals surface area (Å²) >= 11 is 5.81. The zero-order valence-corrected chi connectivity index (χ0v) is 12.3. The van der Waals surface area contributed by atoms with Crippen molar-refractivity contribution in [1.82, 2.24) is 5.32 Å². The van der Waals surface area contributed by atoms with E-state index in [0.29, 0.717) is 16.3 Å². The standard InChI is InChI=1S/C16H16ClNO3/c1-16(20,12-7-9-13(17)10-8-12)11-18-15(19)21-14-5-3-2-4-6-14/h2-10,20H,11H2,1H3,(H,18,19). The van der Waals surface area contributed by atoms with Crippen LogP contribution < -0.4 is 10.1 Å². The largest absolute Gasteiger partial charge is 0.412 e. The van der Waals surface area contributed by atoms with Gasteiger partial charge in [0, 0.05) is 5.02 Å². The predicted molar refractivity (Wildman–Crippen MR) is 81.5 cm³/mol. The first-order valence-corrected chi connectivity index (χ1v) is 6.84. The number of hydrogen-bond acceptors (Lipinski definition) is 3. The molecule has 2 rings (SSSR count). The number of carbonyl (C=O) groups excluding carboxylic acids is 1. The van der Waals surface area contributed by atoms with E-state index in [0.717, 1.165) is 0 Å². The van der Waals surface area contributed by atoms with Crippen molar-refractivity contribution in [3.8, 4) is 5.75 Å². The minimum atomic E-state index is -1.21. The maximum absolute atomic E-state index is 11.7. The summed E-state index contributed by atoms with van der Waals surface area (Å²) in [5, 5.41) is 13.5. The highest BCUT2D eigenvalue weighted by atomic mass is 35.5. The summed E-state index contributed by atoms with van der Waals surface area (Å²) in [5.41, 5.74) is -0.549. The van der Waals surface area contributed by atoms with Crippen molar-refractivity contribution >= 4 is 17.7 Å². The Bertz CT molecular complexity index is 597. The van der Waals surface area contributed by atoms with Crippen LogP contribution in [-0.4, -0.2) is 17.7 Å². The zero-order valence-electron chi connectivity index (χ0n) is 11.5. The van der Waals surface area contributed by atoms with Crippen molar-refractivity contribution in [3.63, 3.8) is 0 Å². The number of ether oxygens (including phenoxy) is 1. The number of rotatable bonds is 4. The third kappa shape index (κ3) is 4.48. The minimum Gasteiger partial charge on any atom is -0.410 e. The fourth-order valence-corrected chi connectivity index (χ4v) is 1.91. The molecule has 0 radical (unpaired) electrons. The zero-order chi connectivity index (χ0) is 15.3. The lowest BCUT2D eigenvalue weighted by Gasteiger charge is -2.24. The summed E-state index contributed by atoms with van der Waals surface area (Å²) < 4.78 is 5.08. The summed E-state index contributed by atoms with van der Waals surface area (Å²) in [6, 6.07) is 15.5. The highest BCUT2D eigenvalue weighted by molar-refractivity contribution is 6.30. The first-order chi connectivity index (χ1) is 9.97. The molecule has 2 aromatic rings. The summed E-state index contributed by atoms with van der Waals surface area (Å²) in [6.07, 6.45) is -0.615. The molecule has 0 aliphatic carbocycles. The topological polar surface area (TPSA) is 58.6 Å². The number of carbonyl (C=O) groups is 1. The number of para-hydroxylation sites is 1. The van der Waals surface area contributed by atoms with Gasteiger partial charge in [-0.05, 0) is 36.8 Å². The van der Waals surface area contributed by atoms with Crippen LogP contribution >= 0.6 is 11.6 Å². The molecule has 0 heterocycles. The van der Waals surface area contributed by atoms with Crippen molar-refractivity contribution in [3.05, 3.63) is 65.2 Å². The van der Waals surface area contributed by atoms with Crippen LogP contribution in [-0.2, 0) is 5.60 Å². The van der Waals surface area contributed by atoms with Gasteiger partial charge in [-0.3, -0.25) is 0 Å². The molecule has 0 fully saturated rings. The fraction of sp³-hybridized carbons (Fsp3) is 0.188. The predicted octanol–water partition coefficient (Wildman–Crippen LogP) is 3.34. The minimum absolute atomic E-state index is 0.0281. The average molecular weight is 306 g/mol. The van der Waals surface area contributed by atoms with Crippen LogP contribution in [0.15, 0.2) is 54.6 Å². The lowest BCUT2D eigenvalue weighted by molar-refractivity contribution is 0.0571. The van der Waals surface area contributed by atoms with Gasteiger partial charge in [-0.2, -0.15) is 0 Å². The van der Waals surface area contributed by atoms with Crippen LogP contribution in [0, 0.1) is 0 Å². The summed E-state index contributed by atoms with van der Waals surface area (Å²) in [7, 11) is 0. The van der Waals surface area contributed by atoms with Gasteiger partial charge in [0.2, 0.25) is 0 Å². The van der Waals surface area contributed by atoms with E-state index in [1.54, 1.807) is 55.5 Å².